The van der Waals surface area contributed by atoms with Crippen LogP contribution in [0.1, 0.15) is 83.0 Å². The zero-order chi connectivity index (χ0) is 21.0. The van der Waals surface area contributed by atoms with Crippen LogP contribution in [0.3, 0.4) is 0 Å². The molecule has 1 saturated heterocycles. The van der Waals surface area contributed by atoms with Gasteiger partial charge in [0.15, 0.2) is 6.29 Å². The number of unbranched alkanes of at least 4 members (excludes halogenated alkanes) is 7. The molecule has 1 aliphatic rings. The van der Waals surface area contributed by atoms with Crippen molar-refractivity contribution in [2.24, 2.45) is 0 Å². The molecule has 0 N–H and O–H groups in total. The van der Waals surface area contributed by atoms with Crippen LogP contribution in [0.2, 0.25) is 0 Å². The zero-order valence-corrected chi connectivity index (χ0v) is 21.3. The maximum Gasteiger partial charge on any atom is 1.00 e. The van der Waals surface area contributed by atoms with Gasteiger partial charge in [-0.2, -0.15) is 0 Å². The third-order valence-corrected chi connectivity index (χ3v) is 5.86. The van der Waals surface area contributed by atoms with E-state index in [1.165, 1.54) is 51.4 Å². The third-order valence-electron chi connectivity index (χ3n) is 5.07. The first-order valence-electron chi connectivity index (χ1n) is 10.9. The molecule has 0 radical (unpaired) electrons. The van der Waals surface area contributed by atoms with Crippen LogP contribution >= 0.6 is 0 Å². The maximum atomic E-state index is 10.6. The summed E-state index contributed by atoms with van der Waals surface area (Å²) in [6.07, 6.45) is 11.3. The van der Waals surface area contributed by atoms with E-state index in [9.17, 15) is 13.0 Å². The van der Waals surface area contributed by atoms with Crippen LogP contribution in [0.4, 0.5) is 0 Å². The Morgan fingerprint density at radius 1 is 1.07 bits per heavy atom. The molecule has 1 aromatic rings. The number of hydrogen-bond donors (Lipinski definition) is 0. The van der Waals surface area contributed by atoms with Gasteiger partial charge in [0, 0.05) is 11.3 Å². The van der Waals surface area contributed by atoms with Gasteiger partial charge in [-0.3, -0.25) is 0 Å². The van der Waals surface area contributed by atoms with Crippen LogP contribution in [0.25, 0.3) is 0 Å². The van der Waals surface area contributed by atoms with Crippen LogP contribution in [0.15, 0.2) is 24.3 Å². The molecule has 30 heavy (non-hydrogen) atoms. The van der Waals surface area contributed by atoms with E-state index in [2.05, 4.69) is 6.92 Å². The molecule has 1 fully saturated rings. The first kappa shape index (κ1) is 27.9. The van der Waals surface area contributed by atoms with E-state index in [4.69, 9.17) is 14.2 Å². The Hall–Kier alpha value is -0.150. The van der Waals surface area contributed by atoms with E-state index in [0.717, 1.165) is 12.0 Å². The Morgan fingerprint density at radius 3 is 2.47 bits per heavy atom. The van der Waals surface area contributed by atoms with Gasteiger partial charge in [-0.1, -0.05) is 70.4 Å². The van der Waals surface area contributed by atoms with E-state index in [1.807, 2.05) is 18.2 Å². The molecule has 0 aromatic heterocycles. The molecular formula is C22H35NaO6S. The van der Waals surface area contributed by atoms with Crippen molar-refractivity contribution in [1.82, 2.24) is 0 Å². The summed E-state index contributed by atoms with van der Waals surface area (Å²) in [5.41, 5.74) is 0.886. The molecule has 0 bridgehead atoms. The molecule has 2 unspecified atom stereocenters. The van der Waals surface area contributed by atoms with Crippen molar-refractivity contribution in [3.8, 4) is 5.75 Å². The third kappa shape index (κ3) is 12.0. The molecule has 0 aliphatic carbocycles. The predicted octanol–water partition coefficient (Wildman–Crippen LogP) is 1.95. The van der Waals surface area contributed by atoms with Gasteiger partial charge in [0.1, 0.15) is 5.75 Å². The van der Waals surface area contributed by atoms with Crippen molar-refractivity contribution < 1.29 is 56.7 Å². The molecule has 2 atom stereocenters. The Bertz CT molecular complexity index is 682. The fourth-order valence-corrected chi connectivity index (χ4v) is 3.93. The molecular weight excluding hydrogens is 415 g/mol. The van der Waals surface area contributed by atoms with Crippen LogP contribution < -0.4 is 34.3 Å². The van der Waals surface area contributed by atoms with Crippen LogP contribution in [-0.2, 0) is 19.6 Å². The van der Waals surface area contributed by atoms with Crippen molar-refractivity contribution in [3.05, 3.63) is 29.8 Å². The number of benzene rings is 1. The summed E-state index contributed by atoms with van der Waals surface area (Å²) in [4.78, 5) is 0. The van der Waals surface area contributed by atoms with Crippen molar-refractivity contribution in [2.45, 2.75) is 83.5 Å². The fraction of sp³-hybridized carbons (Fsp3) is 0.727. The molecule has 2 rings (SSSR count). The molecule has 1 aliphatic heterocycles. The first-order valence-corrected chi connectivity index (χ1v) is 12.5. The maximum absolute atomic E-state index is 10.6. The Kier molecular flexibility index (Phi) is 14.5. The predicted molar refractivity (Wildman–Crippen MR) is 112 cm³/mol. The molecule has 166 valence electrons. The van der Waals surface area contributed by atoms with Crippen molar-refractivity contribution in [2.75, 3.05) is 19.0 Å². The van der Waals surface area contributed by atoms with Crippen molar-refractivity contribution >= 4 is 10.1 Å². The normalized spacial score (nSPS) is 18.9. The SMILES string of the molecule is CCCCCCCCCCC1COC(c2cccc(OCCCS(=O)(=O)[O-])c2)O1.[Na+]. The zero-order valence-electron chi connectivity index (χ0n) is 18.5. The van der Waals surface area contributed by atoms with E-state index in [1.54, 1.807) is 6.07 Å². The summed E-state index contributed by atoms with van der Waals surface area (Å²) < 4.78 is 49.2. The summed E-state index contributed by atoms with van der Waals surface area (Å²) in [5, 5.41) is 0. The quantitative estimate of drug-likeness (QED) is 0.231. The Balaban J connectivity index is 0.00000450. The minimum atomic E-state index is -4.19. The van der Waals surface area contributed by atoms with Crippen molar-refractivity contribution in [1.29, 1.82) is 0 Å². The van der Waals surface area contributed by atoms with Gasteiger partial charge in [0.2, 0.25) is 0 Å². The Labute approximate surface area is 204 Å². The smallest absolute Gasteiger partial charge is 0.748 e. The van der Waals surface area contributed by atoms with Crippen LogP contribution in [0.5, 0.6) is 5.75 Å². The van der Waals surface area contributed by atoms with E-state index < -0.39 is 15.9 Å². The number of hydrogen-bond acceptors (Lipinski definition) is 6. The van der Waals surface area contributed by atoms with Gasteiger partial charge in [0.25, 0.3) is 0 Å². The molecule has 0 saturated carbocycles. The summed E-state index contributed by atoms with van der Waals surface area (Å²) in [5.74, 6) is 0.201. The topological polar surface area (TPSA) is 84.9 Å². The molecule has 8 heteroatoms. The molecule has 0 spiro atoms. The second-order valence-corrected chi connectivity index (χ2v) is 9.25. The summed E-state index contributed by atoms with van der Waals surface area (Å²) in [6, 6.07) is 7.42. The summed E-state index contributed by atoms with van der Waals surface area (Å²) >= 11 is 0. The number of rotatable bonds is 15. The van der Waals surface area contributed by atoms with Gasteiger partial charge in [-0.25, -0.2) is 8.42 Å². The largest absolute Gasteiger partial charge is 1.00 e. The van der Waals surface area contributed by atoms with Crippen molar-refractivity contribution in [3.63, 3.8) is 0 Å². The summed E-state index contributed by atoms with van der Waals surface area (Å²) in [7, 11) is -4.19. The average Bonchev–Trinajstić information content (AvgIpc) is 3.16. The van der Waals surface area contributed by atoms with Crippen LogP contribution in [0, 0.1) is 0 Å². The molecule has 1 aromatic carbocycles. The monoisotopic (exact) mass is 450 g/mol. The fourth-order valence-electron chi connectivity index (χ4n) is 3.46. The van der Waals surface area contributed by atoms with Gasteiger partial charge in [-0.05, 0) is 25.0 Å². The van der Waals surface area contributed by atoms with Gasteiger partial charge < -0.3 is 18.8 Å². The van der Waals surface area contributed by atoms with Gasteiger partial charge in [-0.15, -0.1) is 0 Å². The van der Waals surface area contributed by atoms with Gasteiger partial charge >= 0.3 is 29.6 Å². The molecule has 6 nitrogen and oxygen atoms in total. The minimum absolute atomic E-state index is 0. The van der Waals surface area contributed by atoms with Gasteiger partial charge in [0.05, 0.1) is 29.4 Å². The molecule has 0 amide bonds. The minimum Gasteiger partial charge on any atom is -0.748 e. The van der Waals surface area contributed by atoms with E-state index in [0.29, 0.717) is 12.4 Å². The van der Waals surface area contributed by atoms with E-state index in [-0.39, 0.29) is 55.0 Å². The Morgan fingerprint density at radius 2 is 1.77 bits per heavy atom. The second kappa shape index (κ2) is 15.6. The van der Waals surface area contributed by atoms with E-state index >= 15 is 0 Å². The van der Waals surface area contributed by atoms with Crippen LogP contribution in [-0.4, -0.2) is 38.0 Å². The average molecular weight is 451 g/mol. The molecule has 1 heterocycles. The first-order chi connectivity index (χ1) is 14.0. The number of ether oxygens (including phenoxy) is 3. The second-order valence-electron chi connectivity index (χ2n) is 7.72. The standard InChI is InChI=1S/C22H36O6S.Na/c1-2-3-4-5-6-7-8-9-13-21-18-27-22(28-21)19-12-10-14-20(17-19)26-15-11-16-29(23,24)25;/h10,12,14,17,21-22H,2-9,11,13,15-16,18H2,1H3,(H,23,24,25);/q;+1/p-1. The summed E-state index contributed by atoms with van der Waals surface area (Å²) in [6.45, 7) is 3.03.